The van der Waals surface area contributed by atoms with Crippen molar-refractivity contribution in [3.63, 3.8) is 0 Å². The number of sulfone groups is 1. The summed E-state index contributed by atoms with van der Waals surface area (Å²) in [5, 5.41) is 0. The Hall–Kier alpha value is -1.61. The Kier molecular flexibility index (Phi) is 3.26. The van der Waals surface area contributed by atoms with Gasteiger partial charge in [0.05, 0.1) is 9.79 Å². The van der Waals surface area contributed by atoms with Gasteiger partial charge in [-0.15, -0.1) is 0 Å². The summed E-state index contributed by atoms with van der Waals surface area (Å²) in [6, 6.07) is 12.6. The van der Waals surface area contributed by atoms with E-state index in [9.17, 15) is 8.42 Å². The molecule has 0 N–H and O–H groups in total. The Labute approximate surface area is 108 Å². The molecule has 2 rings (SSSR count). The smallest absolute Gasteiger partial charge is 0.207 e. The second kappa shape index (κ2) is 4.58. The van der Waals surface area contributed by atoms with E-state index in [1.54, 1.807) is 18.2 Å². The predicted molar refractivity (Wildman–Crippen MR) is 72.5 cm³/mol. The molecule has 0 saturated carbocycles. The van der Waals surface area contributed by atoms with Crippen molar-refractivity contribution < 1.29 is 8.42 Å². The first-order chi connectivity index (χ1) is 8.43. The first kappa shape index (κ1) is 12.8. The third kappa shape index (κ3) is 2.18. The quantitative estimate of drug-likeness (QED) is 0.829. The molecule has 0 aliphatic carbocycles. The summed E-state index contributed by atoms with van der Waals surface area (Å²) in [6.07, 6.45) is 0. The highest BCUT2D eigenvalue weighted by Crippen LogP contribution is 2.26. The molecule has 0 amide bonds. The summed E-state index contributed by atoms with van der Waals surface area (Å²) >= 11 is 0. The maximum Gasteiger partial charge on any atom is 0.207 e. The summed E-state index contributed by atoms with van der Waals surface area (Å²) in [4.78, 5) is 0.788. The molecule has 2 nitrogen and oxygen atoms in total. The van der Waals surface area contributed by atoms with E-state index in [0.717, 1.165) is 16.7 Å². The number of hydrogen-bond donors (Lipinski definition) is 0. The van der Waals surface area contributed by atoms with Gasteiger partial charge in [0.1, 0.15) is 0 Å². The first-order valence-corrected chi connectivity index (χ1v) is 7.29. The van der Waals surface area contributed by atoms with Gasteiger partial charge < -0.3 is 0 Å². The van der Waals surface area contributed by atoms with Crippen molar-refractivity contribution in [2.24, 2.45) is 0 Å². The Morgan fingerprint density at radius 3 is 2.06 bits per heavy atom. The lowest BCUT2D eigenvalue weighted by Crippen LogP contribution is -2.06. The monoisotopic (exact) mass is 260 g/mol. The number of benzene rings is 2. The maximum atomic E-state index is 12.6. The molecule has 0 saturated heterocycles. The zero-order valence-electron chi connectivity index (χ0n) is 10.8. The van der Waals surface area contributed by atoms with Crippen LogP contribution in [0.5, 0.6) is 0 Å². The molecule has 0 aliphatic heterocycles. The molecule has 0 atom stereocenters. The molecule has 2 aromatic rings. The third-order valence-corrected chi connectivity index (χ3v) is 5.07. The molecule has 0 bridgehead atoms. The molecule has 0 aliphatic rings. The molecular weight excluding hydrogens is 244 g/mol. The van der Waals surface area contributed by atoms with Crippen molar-refractivity contribution in [3.05, 3.63) is 59.2 Å². The summed E-state index contributed by atoms with van der Waals surface area (Å²) in [5.74, 6) is 0. The molecule has 2 aromatic carbocycles. The lowest BCUT2D eigenvalue weighted by Gasteiger charge is -2.10. The zero-order chi connectivity index (χ0) is 13.3. The van der Waals surface area contributed by atoms with E-state index in [-0.39, 0.29) is 0 Å². The van der Waals surface area contributed by atoms with Crippen molar-refractivity contribution in [1.29, 1.82) is 0 Å². The predicted octanol–water partition coefficient (Wildman–Crippen LogP) is 3.44. The third-order valence-electron chi connectivity index (χ3n) is 3.02. The van der Waals surface area contributed by atoms with E-state index in [1.165, 1.54) is 0 Å². The van der Waals surface area contributed by atoms with Crippen molar-refractivity contribution in [2.75, 3.05) is 0 Å². The van der Waals surface area contributed by atoms with Crippen molar-refractivity contribution >= 4 is 9.84 Å². The van der Waals surface area contributed by atoms with Crippen LogP contribution in [0.25, 0.3) is 0 Å². The molecular formula is C15H16O2S. The van der Waals surface area contributed by atoms with Gasteiger partial charge in [-0.05, 0) is 49.6 Å². The highest BCUT2D eigenvalue weighted by molar-refractivity contribution is 7.91. The molecule has 18 heavy (non-hydrogen) atoms. The fraction of sp³-hybridized carbons (Fsp3) is 0.200. The van der Waals surface area contributed by atoms with Gasteiger partial charge in [-0.1, -0.05) is 30.3 Å². The van der Waals surface area contributed by atoms with Crippen LogP contribution in [0, 0.1) is 20.8 Å². The Balaban J connectivity index is 2.70. The van der Waals surface area contributed by atoms with Gasteiger partial charge in [0.25, 0.3) is 0 Å². The van der Waals surface area contributed by atoms with Gasteiger partial charge in [-0.2, -0.15) is 0 Å². The first-order valence-electron chi connectivity index (χ1n) is 5.81. The van der Waals surface area contributed by atoms with Crippen LogP contribution in [-0.2, 0) is 9.84 Å². The number of rotatable bonds is 2. The topological polar surface area (TPSA) is 34.1 Å². The lowest BCUT2D eigenvalue weighted by molar-refractivity contribution is 0.595. The highest BCUT2D eigenvalue weighted by atomic mass is 32.2. The Morgan fingerprint density at radius 1 is 0.778 bits per heavy atom. The summed E-state index contributed by atoms with van der Waals surface area (Å²) < 4.78 is 25.3. The minimum absolute atomic E-state index is 0.388. The van der Waals surface area contributed by atoms with Gasteiger partial charge in [-0.25, -0.2) is 8.42 Å². The Bertz CT molecular complexity index is 685. The molecule has 0 radical (unpaired) electrons. The van der Waals surface area contributed by atoms with Crippen LogP contribution in [0.1, 0.15) is 16.7 Å². The second-order valence-corrected chi connectivity index (χ2v) is 6.42. The molecule has 0 heterocycles. The molecule has 94 valence electrons. The standard InChI is InChI=1S/C15H16O2S/c1-11-8-9-13(3)15(10-11)18(16,17)14-7-5-4-6-12(14)2/h4-10H,1-3H3. The summed E-state index contributed by atoms with van der Waals surface area (Å²) in [7, 11) is -3.42. The second-order valence-electron chi connectivity index (χ2n) is 4.54. The lowest BCUT2D eigenvalue weighted by atomic mass is 10.2. The highest BCUT2D eigenvalue weighted by Gasteiger charge is 2.21. The van der Waals surface area contributed by atoms with Crippen LogP contribution in [0.4, 0.5) is 0 Å². The van der Waals surface area contributed by atoms with Gasteiger partial charge >= 0.3 is 0 Å². The van der Waals surface area contributed by atoms with Crippen LogP contribution in [0.15, 0.2) is 52.3 Å². The molecule has 0 spiro atoms. The van der Waals surface area contributed by atoms with E-state index >= 15 is 0 Å². The number of aryl methyl sites for hydroxylation is 3. The van der Waals surface area contributed by atoms with Crippen LogP contribution < -0.4 is 0 Å². The van der Waals surface area contributed by atoms with Gasteiger partial charge in [-0.3, -0.25) is 0 Å². The zero-order valence-corrected chi connectivity index (χ0v) is 11.6. The van der Waals surface area contributed by atoms with Gasteiger partial charge in [0.15, 0.2) is 0 Å². The largest absolute Gasteiger partial charge is 0.218 e. The molecule has 3 heteroatoms. The van der Waals surface area contributed by atoms with Crippen LogP contribution in [0.3, 0.4) is 0 Å². The number of hydrogen-bond acceptors (Lipinski definition) is 2. The summed E-state index contributed by atoms with van der Waals surface area (Å²) in [5.41, 5.74) is 2.51. The van der Waals surface area contributed by atoms with E-state index < -0.39 is 9.84 Å². The average Bonchev–Trinajstić information content (AvgIpc) is 2.32. The van der Waals surface area contributed by atoms with E-state index in [1.807, 2.05) is 45.0 Å². The normalized spacial score (nSPS) is 11.5. The SMILES string of the molecule is Cc1ccc(C)c(S(=O)(=O)c2ccccc2C)c1. The maximum absolute atomic E-state index is 12.6. The molecule has 0 aromatic heterocycles. The van der Waals surface area contributed by atoms with Crippen molar-refractivity contribution in [2.45, 2.75) is 30.6 Å². The molecule has 0 unspecified atom stereocenters. The minimum atomic E-state index is -3.42. The fourth-order valence-corrected chi connectivity index (χ4v) is 3.79. The Morgan fingerprint density at radius 2 is 1.39 bits per heavy atom. The van der Waals surface area contributed by atoms with E-state index in [0.29, 0.717) is 9.79 Å². The van der Waals surface area contributed by atoms with Crippen LogP contribution >= 0.6 is 0 Å². The van der Waals surface area contributed by atoms with E-state index in [2.05, 4.69) is 0 Å². The van der Waals surface area contributed by atoms with Crippen molar-refractivity contribution in [1.82, 2.24) is 0 Å². The fourth-order valence-electron chi connectivity index (χ4n) is 1.97. The van der Waals surface area contributed by atoms with Gasteiger partial charge in [0.2, 0.25) is 9.84 Å². The average molecular weight is 260 g/mol. The molecule has 0 fully saturated rings. The minimum Gasteiger partial charge on any atom is -0.218 e. The van der Waals surface area contributed by atoms with E-state index in [4.69, 9.17) is 0 Å². The summed E-state index contributed by atoms with van der Waals surface area (Å²) in [6.45, 7) is 5.54. The van der Waals surface area contributed by atoms with Gasteiger partial charge in [0, 0.05) is 0 Å². The van der Waals surface area contributed by atoms with Crippen LogP contribution in [-0.4, -0.2) is 8.42 Å². The van der Waals surface area contributed by atoms with Crippen molar-refractivity contribution in [3.8, 4) is 0 Å². The van der Waals surface area contributed by atoms with Crippen LogP contribution in [0.2, 0.25) is 0 Å².